The number of hydrazine groups is 1. The molecule has 0 atom stereocenters. The summed E-state index contributed by atoms with van der Waals surface area (Å²) in [7, 11) is 1.61. The summed E-state index contributed by atoms with van der Waals surface area (Å²) < 4.78 is 24.4. The van der Waals surface area contributed by atoms with Crippen molar-refractivity contribution in [3.8, 4) is 0 Å². The summed E-state index contributed by atoms with van der Waals surface area (Å²) in [6, 6.07) is 1.66. The van der Waals surface area contributed by atoms with Crippen LogP contribution in [0.3, 0.4) is 0 Å². The molecule has 16 heavy (non-hydrogen) atoms. The number of nitrogens with one attached hydrogen (secondary N) is 2. The van der Waals surface area contributed by atoms with Gasteiger partial charge in [-0.15, -0.1) is 16.2 Å². The van der Waals surface area contributed by atoms with E-state index in [0.717, 1.165) is 4.88 Å². The van der Waals surface area contributed by atoms with Gasteiger partial charge in [-0.05, 0) is 29.0 Å². The highest BCUT2D eigenvalue weighted by Gasteiger charge is 2.21. The molecule has 0 spiro atoms. The molecular weight excluding hydrogens is 314 g/mol. The predicted molar refractivity (Wildman–Crippen MR) is 68.8 cm³/mol. The van der Waals surface area contributed by atoms with E-state index >= 15 is 0 Å². The van der Waals surface area contributed by atoms with Gasteiger partial charge in [-0.25, -0.2) is 13.4 Å². The van der Waals surface area contributed by atoms with Crippen LogP contribution in [0.25, 0.3) is 0 Å². The van der Waals surface area contributed by atoms with E-state index in [1.54, 1.807) is 20.2 Å². The first-order valence-corrected chi connectivity index (χ1v) is 7.58. The molecule has 0 amide bonds. The lowest BCUT2D eigenvalue weighted by atomic mass is 10.5. The van der Waals surface area contributed by atoms with Crippen LogP contribution in [0.5, 0.6) is 0 Å². The quantitative estimate of drug-likeness (QED) is 0.791. The standard InChI is InChI=1S/C8H14BrN3O2S2/c1-10-5-6-4-7(8(9)15-6)16(13,14)11-12(2)3/h4,10-11H,5H2,1-3H3. The third-order valence-electron chi connectivity index (χ3n) is 1.65. The molecule has 5 nitrogen and oxygen atoms in total. The molecule has 0 aliphatic carbocycles. The molecule has 0 fully saturated rings. The fraction of sp³-hybridized carbons (Fsp3) is 0.500. The van der Waals surface area contributed by atoms with Crippen LogP contribution in [0.15, 0.2) is 14.7 Å². The lowest BCUT2D eigenvalue weighted by molar-refractivity contribution is 0.364. The number of rotatable bonds is 5. The molecule has 0 unspecified atom stereocenters. The predicted octanol–water partition coefficient (Wildman–Crippen LogP) is 0.985. The Bertz CT molecular complexity index is 456. The second kappa shape index (κ2) is 5.56. The maximum atomic E-state index is 11.9. The molecule has 0 saturated heterocycles. The van der Waals surface area contributed by atoms with Gasteiger partial charge in [0.1, 0.15) is 4.90 Å². The first-order valence-electron chi connectivity index (χ1n) is 4.49. The second-order valence-corrected chi connectivity index (χ2v) is 7.45. The van der Waals surface area contributed by atoms with Gasteiger partial charge in [-0.3, -0.25) is 0 Å². The van der Waals surface area contributed by atoms with Crippen molar-refractivity contribution < 1.29 is 8.42 Å². The Morgan fingerprint density at radius 2 is 2.12 bits per heavy atom. The van der Waals surface area contributed by atoms with Gasteiger partial charge < -0.3 is 5.32 Å². The Balaban J connectivity index is 3.03. The Morgan fingerprint density at radius 3 is 2.62 bits per heavy atom. The molecule has 1 aromatic rings. The molecule has 1 aromatic heterocycles. The van der Waals surface area contributed by atoms with Crippen molar-refractivity contribution in [1.29, 1.82) is 0 Å². The first kappa shape index (κ1) is 14.1. The summed E-state index contributed by atoms with van der Waals surface area (Å²) in [5, 5.41) is 4.38. The van der Waals surface area contributed by atoms with E-state index in [9.17, 15) is 8.42 Å². The van der Waals surface area contributed by atoms with Gasteiger partial charge in [0.05, 0.1) is 3.79 Å². The average molecular weight is 328 g/mol. The summed E-state index contributed by atoms with van der Waals surface area (Å²) in [5.41, 5.74) is 0. The Hall–Kier alpha value is 0.01000. The van der Waals surface area contributed by atoms with Crippen molar-refractivity contribution in [2.24, 2.45) is 0 Å². The number of sulfonamides is 1. The van der Waals surface area contributed by atoms with Gasteiger partial charge in [0, 0.05) is 25.5 Å². The van der Waals surface area contributed by atoms with Crippen LogP contribution in [0, 0.1) is 0 Å². The third kappa shape index (κ3) is 3.51. The van der Waals surface area contributed by atoms with Gasteiger partial charge in [0.15, 0.2) is 0 Å². The van der Waals surface area contributed by atoms with Gasteiger partial charge in [0.25, 0.3) is 10.0 Å². The van der Waals surface area contributed by atoms with Gasteiger partial charge >= 0.3 is 0 Å². The lowest BCUT2D eigenvalue weighted by Crippen LogP contribution is -2.36. The van der Waals surface area contributed by atoms with Crippen LogP contribution in [0.4, 0.5) is 0 Å². The Labute approximate surface area is 108 Å². The number of thiophene rings is 1. The zero-order valence-electron chi connectivity index (χ0n) is 9.24. The minimum atomic E-state index is -3.48. The van der Waals surface area contributed by atoms with Crippen molar-refractivity contribution in [3.63, 3.8) is 0 Å². The van der Waals surface area contributed by atoms with Gasteiger partial charge in [0.2, 0.25) is 0 Å². The molecule has 0 aliphatic rings. The van der Waals surface area contributed by atoms with Gasteiger partial charge in [-0.2, -0.15) is 0 Å². The number of halogens is 1. The highest BCUT2D eigenvalue weighted by molar-refractivity contribution is 9.11. The van der Waals surface area contributed by atoms with E-state index in [4.69, 9.17) is 0 Å². The molecule has 1 heterocycles. The molecule has 0 bridgehead atoms. The maximum Gasteiger partial charge on any atom is 0.255 e. The second-order valence-electron chi connectivity index (χ2n) is 3.37. The smallest absolute Gasteiger partial charge is 0.255 e. The van der Waals surface area contributed by atoms with Crippen molar-refractivity contribution in [2.75, 3.05) is 21.1 Å². The highest BCUT2D eigenvalue weighted by atomic mass is 79.9. The molecule has 0 aromatic carbocycles. The molecule has 1 rings (SSSR count). The van der Waals surface area contributed by atoms with Crippen LogP contribution < -0.4 is 10.1 Å². The van der Waals surface area contributed by atoms with Crippen LogP contribution >= 0.6 is 27.3 Å². The van der Waals surface area contributed by atoms with Crippen molar-refractivity contribution in [3.05, 3.63) is 14.7 Å². The van der Waals surface area contributed by atoms with E-state index < -0.39 is 10.0 Å². The van der Waals surface area contributed by atoms with Crippen molar-refractivity contribution >= 4 is 37.3 Å². The van der Waals surface area contributed by atoms with E-state index in [2.05, 4.69) is 26.1 Å². The van der Waals surface area contributed by atoms with Crippen LogP contribution in [-0.2, 0) is 16.6 Å². The molecule has 92 valence electrons. The van der Waals surface area contributed by atoms with Crippen LogP contribution in [0.1, 0.15) is 4.88 Å². The Morgan fingerprint density at radius 1 is 1.50 bits per heavy atom. The first-order chi connectivity index (χ1) is 7.36. The summed E-state index contributed by atoms with van der Waals surface area (Å²) in [4.78, 5) is 3.63. The minimum Gasteiger partial charge on any atom is -0.315 e. The number of nitrogens with zero attached hydrogens (tertiary/aromatic N) is 1. The zero-order chi connectivity index (χ0) is 12.3. The molecule has 0 saturated carbocycles. The minimum absolute atomic E-state index is 0.274. The van der Waals surface area contributed by atoms with Gasteiger partial charge in [-0.1, -0.05) is 0 Å². The van der Waals surface area contributed by atoms with Crippen molar-refractivity contribution in [1.82, 2.24) is 15.2 Å². The zero-order valence-corrected chi connectivity index (χ0v) is 12.5. The van der Waals surface area contributed by atoms with E-state index in [-0.39, 0.29) is 4.90 Å². The molecule has 0 aliphatic heterocycles. The van der Waals surface area contributed by atoms with Crippen LogP contribution in [0.2, 0.25) is 0 Å². The highest BCUT2D eigenvalue weighted by Crippen LogP contribution is 2.31. The lowest BCUT2D eigenvalue weighted by Gasteiger charge is -2.11. The summed E-state index contributed by atoms with van der Waals surface area (Å²) >= 11 is 4.68. The van der Waals surface area contributed by atoms with Crippen molar-refractivity contribution in [2.45, 2.75) is 11.4 Å². The average Bonchev–Trinajstić information content (AvgIpc) is 2.45. The SMILES string of the molecule is CNCc1cc(S(=O)(=O)NN(C)C)c(Br)s1. The number of hydrogen-bond acceptors (Lipinski definition) is 5. The summed E-state index contributed by atoms with van der Waals surface area (Å²) in [6.07, 6.45) is 0. The molecular formula is C8H14BrN3O2S2. The molecule has 0 radical (unpaired) electrons. The largest absolute Gasteiger partial charge is 0.315 e. The van der Waals surface area contributed by atoms with Crippen LogP contribution in [-0.4, -0.2) is 34.6 Å². The molecule has 2 N–H and O–H groups in total. The monoisotopic (exact) mass is 327 g/mol. The Kier molecular flexibility index (Phi) is 4.89. The third-order valence-corrected chi connectivity index (χ3v) is 5.38. The van der Waals surface area contributed by atoms with E-state index in [0.29, 0.717) is 10.3 Å². The topological polar surface area (TPSA) is 61.4 Å². The summed E-state index contributed by atoms with van der Waals surface area (Å²) in [5.74, 6) is 0. The molecule has 8 heteroatoms. The van der Waals surface area contributed by atoms with E-state index in [1.807, 2.05) is 7.05 Å². The number of hydrogen-bond donors (Lipinski definition) is 2. The fourth-order valence-electron chi connectivity index (χ4n) is 1.13. The summed E-state index contributed by atoms with van der Waals surface area (Å²) in [6.45, 7) is 0.654. The fourth-order valence-corrected chi connectivity index (χ4v) is 4.91. The van der Waals surface area contributed by atoms with E-state index in [1.165, 1.54) is 16.3 Å². The maximum absolute atomic E-state index is 11.9. The normalized spacial score (nSPS) is 12.3.